The molecule has 0 saturated heterocycles. The van der Waals surface area contributed by atoms with Gasteiger partial charge in [-0.05, 0) is 69.2 Å². The van der Waals surface area contributed by atoms with E-state index >= 15 is 0 Å². The molecule has 0 fully saturated rings. The summed E-state index contributed by atoms with van der Waals surface area (Å²) in [5.41, 5.74) is 1.68. The number of amides is 2. The van der Waals surface area contributed by atoms with Crippen LogP contribution in [0.1, 0.15) is 38.3 Å². The van der Waals surface area contributed by atoms with Gasteiger partial charge in [-0.15, -0.1) is 0 Å². The van der Waals surface area contributed by atoms with Crippen LogP contribution in [0.25, 0.3) is 0 Å². The third kappa shape index (κ3) is 7.38. The Labute approximate surface area is 235 Å². The second kappa shape index (κ2) is 13.9. The summed E-state index contributed by atoms with van der Waals surface area (Å²) in [5.74, 6) is -1.08. The van der Waals surface area contributed by atoms with Gasteiger partial charge in [0.05, 0.1) is 17.2 Å². The molecule has 214 valence electrons. The molecular weight excluding hydrogens is 533 g/mol. The van der Waals surface area contributed by atoms with Crippen LogP contribution in [0.4, 0.5) is 10.1 Å². The zero-order chi connectivity index (χ0) is 29.3. The summed E-state index contributed by atoms with van der Waals surface area (Å²) >= 11 is 0. The number of sulfonamides is 1. The number of hydrogen-bond donors (Lipinski definition) is 1. The maximum absolute atomic E-state index is 14.0. The highest BCUT2D eigenvalue weighted by atomic mass is 32.2. The first-order valence-electron chi connectivity index (χ1n) is 13.2. The highest BCUT2D eigenvalue weighted by Crippen LogP contribution is 2.33. The Hall–Kier alpha value is -3.92. The van der Waals surface area contributed by atoms with Crippen LogP contribution in [-0.4, -0.2) is 50.9 Å². The molecule has 1 N–H and O–H groups in total. The molecule has 0 aromatic heterocycles. The fraction of sp³-hybridized carbons (Fsp3) is 0.333. The molecule has 8 nitrogen and oxygen atoms in total. The predicted molar refractivity (Wildman–Crippen MR) is 153 cm³/mol. The van der Waals surface area contributed by atoms with Gasteiger partial charge >= 0.3 is 0 Å². The number of likely N-dealkylation sites (N-methyl/N-ethyl adjacent to an activating group) is 1. The number of nitrogens with zero attached hydrogens (tertiary/aromatic N) is 2. The second-order valence-electron chi connectivity index (χ2n) is 9.19. The molecule has 0 spiro atoms. The molecule has 0 radical (unpaired) electrons. The molecule has 0 bridgehead atoms. The van der Waals surface area contributed by atoms with Crippen LogP contribution >= 0.6 is 0 Å². The van der Waals surface area contributed by atoms with Gasteiger partial charge in [-0.3, -0.25) is 13.9 Å². The number of rotatable bonds is 13. The summed E-state index contributed by atoms with van der Waals surface area (Å²) in [6, 6.07) is 17.7. The van der Waals surface area contributed by atoms with Crippen molar-refractivity contribution in [3.8, 4) is 5.75 Å². The Bertz CT molecular complexity index is 1400. The van der Waals surface area contributed by atoms with E-state index in [2.05, 4.69) is 5.32 Å². The van der Waals surface area contributed by atoms with Gasteiger partial charge in [-0.2, -0.15) is 0 Å². The Morgan fingerprint density at radius 2 is 1.60 bits per heavy atom. The molecular formula is C30H36FN3O5S. The topological polar surface area (TPSA) is 96.0 Å². The number of nitrogens with one attached hydrogen (secondary N) is 1. The van der Waals surface area contributed by atoms with Crippen LogP contribution in [-0.2, 0) is 26.2 Å². The Balaban J connectivity index is 2.10. The Kier molecular flexibility index (Phi) is 10.7. The van der Waals surface area contributed by atoms with Crippen molar-refractivity contribution in [1.29, 1.82) is 0 Å². The van der Waals surface area contributed by atoms with Crippen molar-refractivity contribution >= 4 is 27.5 Å². The zero-order valence-electron chi connectivity index (χ0n) is 23.3. The number of anilines is 1. The molecule has 1 atom stereocenters. The van der Waals surface area contributed by atoms with Crippen molar-refractivity contribution in [3.05, 3.63) is 89.7 Å². The van der Waals surface area contributed by atoms with Gasteiger partial charge < -0.3 is 15.0 Å². The maximum atomic E-state index is 14.0. The molecule has 0 unspecified atom stereocenters. The van der Waals surface area contributed by atoms with Gasteiger partial charge in [-0.1, -0.05) is 48.9 Å². The molecule has 0 aliphatic rings. The Morgan fingerprint density at radius 1 is 0.950 bits per heavy atom. The van der Waals surface area contributed by atoms with Crippen molar-refractivity contribution < 1.29 is 27.1 Å². The zero-order valence-corrected chi connectivity index (χ0v) is 24.1. The summed E-state index contributed by atoms with van der Waals surface area (Å²) in [6.45, 7) is 7.23. The van der Waals surface area contributed by atoms with E-state index in [1.165, 1.54) is 41.3 Å². The molecule has 3 aromatic carbocycles. The lowest BCUT2D eigenvalue weighted by Crippen LogP contribution is -2.52. The number of carbonyl (C=O) groups is 2. The molecule has 0 saturated carbocycles. The monoisotopic (exact) mass is 569 g/mol. The van der Waals surface area contributed by atoms with E-state index in [4.69, 9.17) is 4.74 Å². The summed E-state index contributed by atoms with van der Waals surface area (Å²) < 4.78 is 48.3. The van der Waals surface area contributed by atoms with Crippen molar-refractivity contribution in [1.82, 2.24) is 10.2 Å². The minimum atomic E-state index is -4.23. The van der Waals surface area contributed by atoms with E-state index < -0.39 is 34.3 Å². The summed E-state index contributed by atoms with van der Waals surface area (Å²) in [4.78, 5) is 28.4. The van der Waals surface area contributed by atoms with Gasteiger partial charge in [0.2, 0.25) is 11.8 Å². The summed E-state index contributed by atoms with van der Waals surface area (Å²) in [5, 5.41) is 2.75. The predicted octanol–water partition coefficient (Wildman–Crippen LogP) is 4.67. The first kappa shape index (κ1) is 30.6. The fourth-order valence-corrected chi connectivity index (χ4v) is 5.71. The molecule has 0 aliphatic carbocycles. The molecule has 2 amide bonds. The highest BCUT2D eigenvalue weighted by Gasteiger charge is 2.34. The van der Waals surface area contributed by atoms with Crippen molar-refractivity contribution in [2.45, 2.75) is 51.6 Å². The molecule has 0 heterocycles. The van der Waals surface area contributed by atoms with E-state index in [9.17, 15) is 22.4 Å². The van der Waals surface area contributed by atoms with E-state index in [0.29, 0.717) is 24.3 Å². The summed E-state index contributed by atoms with van der Waals surface area (Å²) in [7, 11) is -4.23. The standard InChI is InChI=1S/C30H36FN3O5S/c1-5-26(30(36)32-6-2)33(20-23-14-16-24(31)17-15-23)29(35)21-34(27-10-8-9-11-28(27)39-7-3)40(37,38)25-18-12-22(4)13-19-25/h8-19,26H,5-7,20-21H2,1-4H3,(H,32,36)/t26-/m0/s1. The van der Waals surface area contributed by atoms with Gasteiger partial charge in [0, 0.05) is 13.1 Å². The average molecular weight is 570 g/mol. The minimum absolute atomic E-state index is 0.0121. The minimum Gasteiger partial charge on any atom is -0.492 e. The number of benzene rings is 3. The first-order chi connectivity index (χ1) is 19.1. The van der Waals surface area contributed by atoms with Gasteiger partial charge in [0.1, 0.15) is 24.2 Å². The van der Waals surface area contributed by atoms with E-state index in [0.717, 1.165) is 9.87 Å². The van der Waals surface area contributed by atoms with Gasteiger partial charge in [0.25, 0.3) is 10.0 Å². The van der Waals surface area contributed by atoms with Gasteiger partial charge in [0.15, 0.2) is 0 Å². The average Bonchev–Trinajstić information content (AvgIpc) is 2.93. The van der Waals surface area contributed by atoms with Crippen molar-refractivity contribution in [2.24, 2.45) is 0 Å². The largest absolute Gasteiger partial charge is 0.492 e. The van der Waals surface area contributed by atoms with Crippen LogP contribution in [0, 0.1) is 12.7 Å². The van der Waals surface area contributed by atoms with Crippen molar-refractivity contribution in [3.63, 3.8) is 0 Å². The Morgan fingerprint density at radius 3 is 2.20 bits per heavy atom. The van der Waals surface area contributed by atoms with Crippen LogP contribution in [0.15, 0.2) is 77.7 Å². The highest BCUT2D eigenvalue weighted by molar-refractivity contribution is 7.92. The van der Waals surface area contributed by atoms with E-state index in [1.807, 2.05) is 6.92 Å². The SMILES string of the molecule is CCNC(=O)[C@H](CC)N(Cc1ccc(F)cc1)C(=O)CN(c1ccccc1OCC)S(=O)(=O)c1ccc(C)cc1. The number of aryl methyl sites for hydroxylation is 1. The molecule has 10 heteroatoms. The summed E-state index contributed by atoms with van der Waals surface area (Å²) in [6.07, 6.45) is 0.291. The normalized spacial score (nSPS) is 11.9. The smallest absolute Gasteiger partial charge is 0.264 e. The van der Waals surface area contributed by atoms with E-state index in [1.54, 1.807) is 57.2 Å². The number of carbonyl (C=O) groups excluding carboxylic acids is 2. The second-order valence-corrected chi connectivity index (χ2v) is 11.1. The molecule has 0 aliphatic heterocycles. The first-order valence-corrected chi connectivity index (χ1v) is 14.7. The van der Waals surface area contributed by atoms with Crippen LogP contribution in [0.3, 0.4) is 0 Å². The number of para-hydroxylation sites is 2. The lowest BCUT2D eigenvalue weighted by molar-refractivity contribution is -0.140. The van der Waals surface area contributed by atoms with Crippen LogP contribution in [0.5, 0.6) is 5.75 Å². The molecule has 40 heavy (non-hydrogen) atoms. The third-order valence-corrected chi connectivity index (χ3v) is 8.10. The number of hydrogen-bond acceptors (Lipinski definition) is 5. The van der Waals surface area contributed by atoms with Crippen LogP contribution < -0.4 is 14.4 Å². The van der Waals surface area contributed by atoms with Crippen molar-refractivity contribution in [2.75, 3.05) is 24.0 Å². The maximum Gasteiger partial charge on any atom is 0.264 e. The third-order valence-electron chi connectivity index (χ3n) is 6.32. The van der Waals surface area contributed by atoms with Crippen LogP contribution in [0.2, 0.25) is 0 Å². The lowest BCUT2D eigenvalue weighted by atomic mass is 10.1. The van der Waals surface area contributed by atoms with Gasteiger partial charge in [-0.25, -0.2) is 12.8 Å². The fourth-order valence-electron chi connectivity index (χ4n) is 4.29. The quantitative estimate of drug-likeness (QED) is 0.323. The molecule has 3 rings (SSSR count). The number of halogens is 1. The number of ether oxygens (including phenoxy) is 1. The lowest BCUT2D eigenvalue weighted by Gasteiger charge is -2.33. The molecule has 3 aromatic rings. The van der Waals surface area contributed by atoms with E-state index in [-0.39, 0.29) is 29.6 Å².